The van der Waals surface area contributed by atoms with Crippen molar-refractivity contribution in [1.82, 2.24) is 4.72 Å². The van der Waals surface area contributed by atoms with Crippen LogP contribution in [0.4, 0.5) is 5.69 Å². The van der Waals surface area contributed by atoms with Crippen LogP contribution in [0.1, 0.15) is 6.92 Å². The highest BCUT2D eigenvalue weighted by Gasteiger charge is 2.24. The summed E-state index contributed by atoms with van der Waals surface area (Å²) >= 11 is 11.6. The van der Waals surface area contributed by atoms with Crippen LogP contribution < -0.4 is 9.62 Å². The number of sulfonamides is 1. The lowest BCUT2D eigenvalue weighted by Gasteiger charge is -2.21. The molecule has 7 nitrogen and oxygen atoms in total. The molecule has 28 heavy (non-hydrogen) atoms. The average molecular weight is 445 g/mol. The Bertz CT molecular complexity index is 967. The highest BCUT2D eigenvalue weighted by molar-refractivity contribution is 7.89. The van der Waals surface area contributed by atoms with Gasteiger partial charge in [0.15, 0.2) is 6.10 Å². The molecule has 1 amide bonds. The molecule has 0 aliphatic rings. The number of esters is 1. The van der Waals surface area contributed by atoms with Crippen molar-refractivity contribution in [3.05, 3.63) is 58.6 Å². The molecular weight excluding hydrogens is 427 g/mol. The summed E-state index contributed by atoms with van der Waals surface area (Å²) in [7, 11) is -2.45. The standard InChI is InChI=1S/C18H18Cl2N2O5S/c1-12(18(24)22(2)13-6-4-3-5-7-13)27-17(23)11-21-28(25,26)14-8-9-15(19)16(20)10-14/h3-10,12,21H,11H2,1-2H3. The van der Waals surface area contributed by atoms with E-state index in [0.717, 1.165) is 0 Å². The van der Waals surface area contributed by atoms with Gasteiger partial charge in [-0.3, -0.25) is 9.59 Å². The zero-order valence-corrected chi connectivity index (χ0v) is 17.4. The summed E-state index contributed by atoms with van der Waals surface area (Å²) in [6.07, 6.45) is -1.09. The molecule has 0 saturated carbocycles. The van der Waals surface area contributed by atoms with Crippen molar-refractivity contribution in [2.45, 2.75) is 17.9 Å². The van der Waals surface area contributed by atoms with Crippen LogP contribution in [-0.4, -0.2) is 40.0 Å². The fraction of sp³-hybridized carbons (Fsp3) is 0.222. The van der Waals surface area contributed by atoms with E-state index in [1.54, 1.807) is 31.3 Å². The Balaban J connectivity index is 1.94. The molecule has 0 saturated heterocycles. The molecule has 1 atom stereocenters. The summed E-state index contributed by atoms with van der Waals surface area (Å²) < 4.78 is 31.6. The third-order valence-electron chi connectivity index (χ3n) is 3.74. The monoisotopic (exact) mass is 444 g/mol. The summed E-state index contributed by atoms with van der Waals surface area (Å²) in [5, 5.41) is 0.269. The second-order valence-electron chi connectivity index (χ2n) is 5.77. The lowest BCUT2D eigenvalue weighted by molar-refractivity contribution is -0.152. The summed E-state index contributed by atoms with van der Waals surface area (Å²) in [5.74, 6) is -1.35. The maximum Gasteiger partial charge on any atom is 0.321 e. The number of para-hydroxylation sites is 1. The summed E-state index contributed by atoms with van der Waals surface area (Å²) in [5.41, 5.74) is 0.635. The van der Waals surface area contributed by atoms with Crippen LogP contribution in [0.3, 0.4) is 0 Å². The first-order valence-electron chi connectivity index (χ1n) is 8.08. The van der Waals surface area contributed by atoms with Crippen LogP contribution in [0, 0.1) is 0 Å². The highest BCUT2D eigenvalue weighted by atomic mass is 35.5. The molecule has 2 aromatic rings. The van der Waals surface area contributed by atoms with Crippen LogP contribution in [0.15, 0.2) is 53.4 Å². The van der Waals surface area contributed by atoms with Gasteiger partial charge in [0.1, 0.15) is 6.54 Å². The SMILES string of the molecule is CC(OC(=O)CNS(=O)(=O)c1ccc(Cl)c(Cl)c1)C(=O)N(C)c1ccccc1. The minimum Gasteiger partial charge on any atom is -0.452 e. The van der Waals surface area contributed by atoms with Gasteiger partial charge < -0.3 is 9.64 Å². The van der Waals surface area contributed by atoms with E-state index in [2.05, 4.69) is 4.72 Å². The molecule has 0 aliphatic heterocycles. The number of rotatable bonds is 7. The van der Waals surface area contributed by atoms with Crippen molar-refractivity contribution >= 4 is 50.8 Å². The second kappa shape index (κ2) is 9.38. The van der Waals surface area contributed by atoms with Gasteiger partial charge in [-0.25, -0.2) is 8.42 Å². The molecule has 10 heteroatoms. The van der Waals surface area contributed by atoms with E-state index >= 15 is 0 Å². The number of amides is 1. The predicted octanol–water partition coefficient (Wildman–Crippen LogP) is 2.87. The topological polar surface area (TPSA) is 92.8 Å². The van der Waals surface area contributed by atoms with Crippen molar-refractivity contribution in [1.29, 1.82) is 0 Å². The fourth-order valence-corrected chi connectivity index (χ4v) is 3.58. The lowest BCUT2D eigenvalue weighted by Crippen LogP contribution is -2.39. The number of hydrogen-bond acceptors (Lipinski definition) is 5. The van der Waals surface area contributed by atoms with Gasteiger partial charge in [0.05, 0.1) is 14.9 Å². The van der Waals surface area contributed by atoms with E-state index < -0.39 is 34.5 Å². The summed E-state index contributed by atoms with van der Waals surface area (Å²) in [4.78, 5) is 25.5. The van der Waals surface area contributed by atoms with Crippen molar-refractivity contribution in [3.8, 4) is 0 Å². The molecule has 2 rings (SSSR count). The van der Waals surface area contributed by atoms with E-state index in [9.17, 15) is 18.0 Å². The highest BCUT2D eigenvalue weighted by Crippen LogP contribution is 2.24. The first-order chi connectivity index (χ1) is 13.1. The zero-order valence-electron chi connectivity index (χ0n) is 15.1. The second-order valence-corrected chi connectivity index (χ2v) is 8.35. The number of anilines is 1. The molecule has 1 N–H and O–H groups in total. The van der Waals surface area contributed by atoms with Crippen molar-refractivity contribution in [2.24, 2.45) is 0 Å². The van der Waals surface area contributed by atoms with Gasteiger partial charge in [0.2, 0.25) is 10.0 Å². The van der Waals surface area contributed by atoms with Crippen LogP contribution in [0.25, 0.3) is 0 Å². The molecule has 0 fully saturated rings. The normalized spacial score (nSPS) is 12.3. The molecule has 0 radical (unpaired) electrons. The van der Waals surface area contributed by atoms with Crippen LogP contribution in [0.5, 0.6) is 0 Å². The third-order valence-corrected chi connectivity index (χ3v) is 5.88. The van der Waals surface area contributed by atoms with Gasteiger partial charge in [-0.2, -0.15) is 4.72 Å². The summed E-state index contributed by atoms with van der Waals surface area (Å²) in [6.45, 7) is 0.766. The molecular formula is C18H18Cl2N2O5S. The number of nitrogens with zero attached hydrogens (tertiary/aromatic N) is 1. The Morgan fingerprint density at radius 3 is 2.36 bits per heavy atom. The predicted molar refractivity (Wildman–Crippen MR) is 107 cm³/mol. The Morgan fingerprint density at radius 2 is 1.75 bits per heavy atom. The average Bonchev–Trinajstić information content (AvgIpc) is 2.68. The zero-order chi connectivity index (χ0) is 20.9. The number of benzene rings is 2. The molecule has 150 valence electrons. The van der Waals surface area contributed by atoms with E-state index in [4.69, 9.17) is 27.9 Å². The van der Waals surface area contributed by atoms with Crippen LogP contribution >= 0.6 is 23.2 Å². The van der Waals surface area contributed by atoms with Gasteiger partial charge in [0, 0.05) is 12.7 Å². The smallest absolute Gasteiger partial charge is 0.321 e. The van der Waals surface area contributed by atoms with E-state index in [1.807, 2.05) is 6.07 Å². The van der Waals surface area contributed by atoms with E-state index in [1.165, 1.54) is 30.0 Å². The summed E-state index contributed by atoms with van der Waals surface area (Å²) in [6, 6.07) is 12.6. The van der Waals surface area contributed by atoms with Crippen molar-refractivity contribution < 1.29 is 22.7 Å². The minimum absolute atomic E-state index is 0.0651. The first-order valence-corrected chi connectivity index (χ1v) is 10.3. The number of carbonyl (C=O) groups excluding carboxylic acids is 2. The van der Waals surface area contributed by atoms with Crippen LogP contribution in [0.2, 0.25) is 10.0 Å². The molecule has 2 aromatic carbocycles. The van der Waals surface area contributed by atoms with E-state index in [-0.39, 0.29) is 14.9 Å². The number of hydrogen-bond donors (Lipinski definition) is 1. The Labute approximate surface area is 173 Å². The Kier molecular flexibility index (Phi) is 7.42. The maximum absolute atomic E-state index is 12.4. The van der Waals surface area contributed by atoms with E-state index in [0.29, 0.717) is 5.69 Å². The Morgan fingerprint density at radius 1 is 1.11 bits per heavy atom. The number of nitrogens with one attached hydrogen (secondary N) is 1. The molecule has 0 bridgehead atoms. The van der Waals surface area contributed by atoms with Crippen molar-refractivity contribution in [2.75, 3.05) is 18.5 Å². The number of carbonyl (C=O) groups is 2. The van der Waals surface area contributed by atoms with Gasteiger partial charge in [-0.15, -0.1) is 0 Å². The van der Waals surface area contributed by atoms with Gasteiger partial charge in [0.25, 0.3) is 5.91 Å². The number of ether oxygens (including phenoxy) is 1. The molecule has 0 aromatic heterocycles. The third kappa shape index (κ3) is 5.68. The molecule has 0 aliphatic carbocycles. The fourth-order valence-electron chi connectivity index (χ4n) is 2.22. The molecule has 1 unspecified atom stereocenters. The van der Waals surface area contributed by atoms with Crippen LogP contribution in [-0.2, 0) is 24.3 Å². The number of halogens is 2. The first kappa shape index (κ1) is 22.2. The lowest BCUT2D eigenvalue weighted by atomic mass is 10.2. The number of likely N-dealkylation sites (N-methyl/N-ethyl adjacent to an activating group) is 1. The van der Waals surface area contributed by atoms with Gasteiger partial charge in [-0.05, 0) is 37.3 Å². The van der Waals surface area contributed by atoms with Gasteiger partial charge >= 0.3 is 5.97 Å². The quantitative estimate of drug-likeness (QED) is 0.662. The molecule has 0 spiro atoms. The Hall–Kier alpha value is -2.13. The maximum atomic E-state index is 12.4. The largest absolute Gasteiger partial charge is 0.452 e. The minimum atomic E-state index is -4.00. The molecule has 0 heterocycles. The van der Waals surface area contributed by atoms with Gasteiger partial charge in [-0.1, -0.05) is 41.4 Å². The van der Waals surface area contributed by atoms with Crippen molar-refractivity contribution in [3.63, 3.8) is 0 Å².